The predicted octanol–water partition coefficient (Wildman–Crippen LogP) is 8.16. The third-order valence-electron chi connectivity index (χ3n) is 10.5. The summed E-state index contributed by atoms with van der Waals surface area (Å²) >= 11 is 0. The van der Waals surface area contributed by atoms with Gasteiger partial charge in [-0.3, -0.25) is 9.35 Å². The van der Waals surface area contributed by atoms with Gasteiger partial charge in [-0.2, -0.15) is 8.42 Å². The number of hydrogen-bond acceptors (Lipinski definition) is 10. The number of carbonyl (C=O) groups excluding carboxylic acids is 1. The van der Waals surface area contributed by atoms with Gasteiger partial charge in [0.15, 0.2) is 6.29 Å². The maximum Gasteiger partial charge on any atom is 0.397 e. The lowest BCUT2D eigenvalue weighted by atomic mass is 9.99. The molecule has 330 valence electrons. The summed E-state index contributed by atoms with van der Waals surface area (Å²) < 4.78 is 47.4. The monoisotopic (exact) mass is 820 g/mol. The molecule has 1 amide bonds. The smallest absolute Gasteiger partial charge is 0.394 e. The summed E-state index contributed by atoms with van der Waals surface area (Å²) in [6.07, 6.45) is 29.4. The van der Waals surface area contributed by atoms with Crippen LogP contribution in [-0.2, 0) is 28.9 Å². The first-order chi connectivity index (χ1) is 27.0. The van der Waals surface area contributed by atoms with E-state index in [1.54, 1.807) is 6.08 Å². The molecule has 0 aromatic rings. The normalized spacial score (nSPS) is 21.6. The van der Waals surface area contributed by atoms with Crippen molar-refractivity contribution in [2.75, 3.05) is 13.2 Å². The van der Waals surface area contributed by atoms with E-state index in [0.717, 1.165) is 44.9 Å². The first-order valence-electron chi connectivity index (χ1n) is 22.2. The van der Waals surface area contributed by atoms with Crippen LogP contribution in [0.25, 0.3) is 0 Å². The molecule has 1 fully saturated rings. The number of rotatable bonds is 37. The molecule has 1 aliphatic heterocycles. The molecule has 0 spiro atoms. The average molecular weight is 820 g/mol. The molecule has 0 aliphatic carbocycles. The zero-order chi connectivity index (χ0) is 41.3. The standard InChI is InChI=1S/C43H81NO11S/c1-3-5-7-9-11-13-15-16-17-18-19-20-21-22-23-25-27-29-31-33-39(47)44-36(37(46)32-30-28-26-24-14-12-10-8-6-4-2)35-53-43-41(49)42(55-56(50,51)52)40(48)38(34-45)54-43/h18-19,30,32,36-38,40-43,45-46,48-49H,3-17,20-29,31,33-35H2,1-2H3,(H,44,47)(H,50,51,52)/b19-18-,32-30+. The number of allylic oxidation sites excluding steroid dienone is 3. The van der Waals surface area contributed by atoms with E-state index in [1.807, 2.05) is 6.08 Å². The Kier molecular flexibility index (Phi) is 32.4. The van der Waals surface area contributed by atoms with E-state index < -0.39 is 59.9 Å². The molecule has 0 saturated carbocycles. The summed E-state index contributed by atoms with van der Waals surface area (Å²) in [5, 5.41) is 44.5. The Morgan fingerprint density at radius 1 is 0.696 bits per heavy atom. The number of nitrogens with one attached hydrogen (secondary N) is 1. The van der Waals surface area contributed by atoms with Crippen LogP contribution in [0.1, 0.15) is 187 Å². The molecule has 7 atom stereocenters. The van der Waals surface area contributed by atoms with Crippen molar-refractivity contribution in [1.29, 1.82) is 0 Å². The maximum absolute atomic E-state index is 13.0. The molecule has 6 N–H and O–H groups in total. The minimum Gasteiger partial charge on any atom is -0.394 e. The first kappa shape index (κ1) is 52.6. The van der Waals surface area contributed by atoms with Gasteiger partial charge in [0.25, 0.3) is 0 Å². The van der Waals surface area contributed by atoms with E-state index in [9.17, 15) is 33.6 Å². The van der Waals surface area contributed by atoms with Gasteiger partial charge in [-0.15, -0.1) is 0 Å². The molecule has 1 rings (SSSR count). The third-order valence-corrected chi connectivity index (χ3v) is 10.9. The van der Waals surface area contributed by atoms with Gasteiger partial charge in [-0.05, 0) is 44.9 Å². The Labute approximate surface area is 340 Å². The van der Waals surface area contributed by atoms with Crippen LogP contribution in [0.2, 0.25) is 0 Å². The second-order valence-corrected chi connectivity index (χ2v) is 16.7. The highest BCUT2D eigenvalue weighted by Gasteiger charge is 2.48. The van der Waals surface area contributed by atoms with Crippen LogP contribution in [-0.4, -0.2) is 95.4 Å². The van der Waals surface area contributed by atoms with E-state index in [-0.39, 0.29) is 18.9 Å². The summed E-state index contributed by atoms with van der Waals surface area (Å²) in [5.74, 6) is -0.269. The number of hydrogen-bond donors (Lipinski definition) is 6. The van der Waals surface area contributed by atoms with Crippen molar-refractivity contribution in [3.63, 3.8) is 0 Å². The lowest BCUT2D eigenvalue weighted by molar-refractivity contribution is -0.298. The molecule has 1 heterocycles. The van der Waals surface area contributed by atoms with E-state index in [1.165, 1.54) is 116 Å². The fourth-order valence-corrected chi connectivity index (χ4v) is 7.49. The van der Waals surface area contributed by atoms with Gasteiger partial charge < -0.3 is 35.2 Å². The molecule has 7 unspecified atom stereocenters. The predicted molar refractivity (Wildman–Crippen MR) is 222 cm³/mol. The summed E-state index contributed by atoms with van der Waals surface area (Å²) in [6, 6.07) is -0.942. The zero-order valence-electron chi connectivity index (χ0n) is 35.0. The molecule has 1 aliphatic rings. The van der Waals surface area contributed by atoms with Crippen LogP contribution in [0.4, 0.5) is 0 Å². The van der Waals surface area contributed by atoms with Gasteiger partial charge >= 0.3 is 10.4 Å². The molecule has 56 heavy (non-hydrogen) atoms. The van der Waals surface area contributed by atoms with Crippen LogP contribution in [0, 0.1) is 0 Å². The van der Waals surface area contributed by atoms with Gasteiger partial charge in [0.05, 0.1) is 25.4 Å². The van der Waals surface area contributed by atoms with Gasteiger partial charge in [0, 0.05) is 6.42 Å². The van der Waals surface area contributed by atoms with Crippen LogP contribution in [0.5, 0.6) is 0 Å². The second kappa shape index (κ2) is 34.4. The average Bonchev–Trinajstić information content (AvgIpc) is 3.16. The fraction of sp³-hybridized carbons (Fsp3) is 0.884. The minimum absolute atomic E-state index is 0.264. The van der Waals surface area contributed by atoms with Crippen LogP contribution in [0.15, 0.2) is 24.3 Å². The van der Waals surface area contributed by atoms with Crippen molar-refractivity contribution < 1.29 is 51.8 Å². The Morgan fingerprint density at radius 2 is 1.14 bits per heavy atom. The Morgan fingerprint density at radius 3 is 1.61 bits per heavy atom. The van der Waals surface area contributed by atoms with Crippen molar-refractivity contribution >= 4 is 16.3 Å². The minimum atomic E-state index is -5.08. The number of aliphatic hydroxyl groups is 4. The highest BCUT2D eigenvalue weighted by molar-refractivity contribution is 7.80. The summed E-state index contributed by atoms with van der Waals surface area (Å²) in [6.45, 7) is 3.35. The summed E-state index contributed by atoms with van der Waals surface area (Å²) in [5.41, 5.74) is 0. The van der Waals surface area contributed by atoms with E-state index in [4.69, 9.17) is 14.0 Å². The highest BCUT2D eigenvalue weighted by Crippen LogP contribution is 2.26. The van der Waals surface area contributed by atoms with Gasteiger partial charge in [-0.25, -0.2) is 4.18 Å². The van der Waals surface area contributed by atoms with E-state index >= 15 is 0 Å². The molecular formula is C43H81NO11S. The molecule has 0 aromatic heterocycles. The molecule has 0 radical (unpaired) electrons. The number of aliphatic hydroxyl groups excluding tert-OH is 4. The topological polar surface area (TPSA) is 192 Å². The van der Waals surface area contributed by atoms with Gasteiger partial charge in [-0.1, -0.05) is 160 Å². The van der Waals surface area contributed by atoms with Crippen LogP contribution < -0.4 is 5.32 Å². The molecule has 12 nitrogen and oxygen atoms in total. The summed E-state index contributed by atoms with van der Waals surface area (Å²) in [7, 11) is -5.08. The Bertz CT molecular complexity index is 1110. The zero-order valence-corrected chi connectivity index (χ0v) is 35.8. The largest absolute Gasteiger partial charge is 0.397 e. The third kappa shape index (κ3) is 27.3. The number of amides is 1. The highest BCUT2D eigenvalue weighted by atomic mass is 32.3. The van der Waals surface area contributed by atoms with Crippen molar-refractivity contribution in [2.24, 2.45) is 0 Å². The molecule has 0 aromatic carbocycles. The number of ether oxygens (including phenoxy) is 2. The summed E-state index contributed by atoms with van der Waals surface area (Å²) in [4.78, 5) is 13.0. The lowest BCUT2D eigenvalue weighted by Crippen LogP contribution is -2.61. The van der Waals surface area contributed by atoms with E-state index in [0.29, 0.717) is 6.42 Å². The SMILES string of the molecule is CCCCCCCCCC/C=C\CCCCCCCCCC(=O)NC(COC1OC(CO)C(O)C(OS(=O)(=O)O)C1O)C(O)/C=C/CCCCCCCCCC. The van der Waals surface area contributed by atoms with E-state index in [2.05, 4.69) is 35.5 Å². The van der Waals surface area contributed by atoms with Crippen LogP contribution in [0.3, 0.4) is 0 Å². The second-order valence-electron chi connectivity index (χ2n) is 15.6. The quantitative estimate of drug-likeness (QED) is 0.0201. The maximum atomic E-state index is 13.0. The van der Waals surface area contributed by atoms with Crippen molar-refractivity contribution in [1.82, 2.24) is 5.32 Å². The Balaban J connectivity index is 2.49. The van der Waals surface area contributed by atoms with Gasteiger partial charge in [0.2, 0.25) is 5.91 Å². The van der Waals surface area contributed by atoms with Crippen molar-refractivity contribution in [2.45, 2.75) is 230 Å². The number of unbranched alkanes of at least 4 members (excludes halogenated alkanes) is 23. The molecule has 1 saturated heterocycles. The first-order valence-corrected chi connectivity index (χ1v) is 23.6. The fourth-order valence-electron chi connectivity index (χ4n) is 6.98. The van der Waals surface area contributed by atoms with Crippen LogP contribution >= 0.6 is 0 Å². The molecular weight excluding hydrogens is 739 g/mol. The van der Waals surface area contributed by atoms with Crippen molar-refractivity contribution in [3.05, 3.63) is 24.3 Å². The molecule has 13 heteroatoms. The lowest BCUT2D eigenvalue weighted by Gasteiger charge is -2.41. The number of carbonyl (C=O) groups is 1. The van der Waals surface area contributed by atoms with Crippen molar-refractivity contribution in [3.8, 4) is 0 Å². The Hall–Kier alpha value is -1.42. The molecule has 0 bridgehead atoms. The van der Waals surface area contributed by atoms with Gasteiger partial charge in [0.1, 0.15) is 24.4 Å².